The first-order valence-corrected chi connectivity index (χ1v) is 4.17. The van der Waals surface area contributed by atoms with Crippen molar-refractivity contribution in [3.05, 3.63) is 24.3 Å². The van der Waals surface area contributed by atoms with Gasteiger partial charge in [0.25, 0.3) is 0 Å². The summed E-state index contributed by atoms with van der Waals surface area (Å²) in [7, 11) is 1.27. The minimum Gasteiger partial charge on any atom is -0.466 e. The average molecular weight is 182 g/mol. The molecule has 0 unspecified atom stereocenters. The topological polar surface area (TPSA) is 43.4 Å². The molecule has 0 amide bonds. The molecule has 0 radical (unpaired) electrons. The number of ketones is 1. The van der Waals surface area contributed by atoms with Gasteiger partial charge in [-0.2, -0.15) is 0 Å². The fourth-order valence-electron chi connectivity index (χ4n) is 0.640. The van der Waals surface area contributed by atoms with Gasteiger partial charge in [-0.05, 0) is 18.6 Å². The number of unbranched alkanes of at least 4 members (excludes halogenated alkanes) is 1. The third-order valence-electron chi connectivity index (χ3n) is 1.32. The number of hydrogen-bond donors (Lipinski definition) is 0. The maximum Gasteiger partial charge on any atom is 0.330 e. The highest BCUT2D eigenvalue weighted by molar-refractivity contribution is 6.02. The van der Waals surface area contributed by atoms with E-state index >= 15 is 0 Å². The van der Waals surface area contributed by atoms with Gasteiger partial charge in [-0.1, -0.05) is 19.4 Å². The van der Waals surface area contributed by atoms with E-state index in [0.29, 0.717) is 0 Å². The van der Waals surface area contributed by atoms with Gasteiger partial charge in [-0.25, -0.2) is 4.79 Å². The maximum atomic E-state index is 11.0. The second-order valence-corrected chi connectivity index (χ2v) is 2.45. The summed E-state index contributed by atoms with van der Waals surface area (Å²) in [5.41, 5.74) is 0. The Bertz CT molecular complexity index is 226. The van der Waals surface area contributed by atoms with Crippen LogP contribution in [0.1, 0.15) is 19.8 Å². The summed E-state index contributed by atoms with van der Waals surface area (Å²) >= 11 is 0. The predicted molar refractivity (Wildman–Crippen MR) is 50.2 cm³/mol. The first-order valence-electron chi connectivity index (χ1n) is 4.17. The van der Waals surface area contributed by atoms with Gasteiger partial charge < -0.3 is 4.74 Å². The van der Waals surface area contributed by atoms with Gasteiger partial charge in [0.2, 0.25) is 0 Å². The molecule has 3 nitrogen and oxygen atoms in total. The van der Waals surface area contributed by atoms with Gasteiger partial charge >= 0.3 is 5.97 Å². The lowest BCUT2D eigenvalue weighted by atomic mass is 10.2. The number of hydrogen-bond acceptors (Lipinski definition) is 3. The van der Waals surface area contributed by atoms with Crippen molar-refractivity contribution < 1.29 is 14.3 Å². The van der Waals surface area contributed by atoms with E-state index in [1.54, 1.807) is 6.08 Å². The van der Waals surface area contributed by atoms with E-state index in [1.807, 2.05) is 6.92 Å². The molecule has 0 atom stereocenters. The highest BCUT2D eigenvalue weighted by Gasteiger charge is 1.92. The lowest BCUT2D eigenvalue weighted by Crippen LogP contribution is -1.95. The Kier molecular flexibility index (Phi) is 6.51. The lowest BCUT2D eigenvalue weighted by Gasteiger charge is -1.87. The van der Waals surface area contributed by atoms with E-state index in [-0.39, 0.29) is 5.78 Å². The third kappa shape index (κ3) is 7.00. The van der Waals surface area contributed by atoms with Crippen LogP contribution in [0.25, 0.3) is 0 Å². The van der Waals surface area contributed by atoms with Gasteiger partial charge in [0, 0.05) is 6.08 Å². The molecule has 0 fully saturated rings. The second kappa shape index (κ2) is 7.28. The SMILES string of the molecule is CCC/C=C/C(=O)/C=C\C(=O)OC. The largest absolute Gasteiger partial charge is 0.466 e. The molecule has 0 spiro atoms. The van der Waals surface area contributed by atoms with Crippen LogP contribution in [0.3, 0.4) is 0 Å². The van der Waals surface area contributed by atoms with Crippen LogP contribution in [-0.2, 0) is 14.3 Å². The summed E-state index contributed by atoms with van der Waals surface area (Å²) in [6, 6.07) is 0. The van der Waals surface area contributed by atoms with Crippen LogP contribution in [-0.4, -0.2) is 18.9 Å². The Morgan fingerprint density at radius 2 is 1.92 bits per heavy atom. The summed E-state index contributed by atoms with van der Waals surface area (Å²) < 4.78 is 4.32. The van der Waals surface area contributed by atoms with Crippen molar-refractivity contribution in [2.24, 2.45) is 0 Å². The molecule has 13 heavy (non-hydrogen) atoms. The Balaban J connectivity index is 3.86. The summed E-state index contributed by atoms with van der Waals surface area (Å²) in [5, 5.41) is 0. The normalized spacial score (nSPS) is 10.9. The van der Waals surface area contributed by atoms with Crippen LogP contribution < -0.4 is 0 Å². The minimum atomic E-state index is -0.516. The smallest absolute Gasteiger partial charge is 0.330 e. The lowest BCUT2D eigenvalue weighted by molar-refractivity contribution is -0.135. The Morgan fingerprint density at radius 3 is 2.46 bits per heavy atom. The van der Waals surface area contributed by atoms with E-state index in [1.165, 1.54) is 19.3 Å². The molecule has 0 rings (SSSR count). The van der Waals surface area contributed by atoms with E-state index in [9.17, 15) is 9.59 Å². The molecule has 0 aliphatic heterocycles. The van der Waals surface area contributed by atoms with E-state index in [4.69, 9.17) is 0 Å². The Morgan fingerprint density at radius 1 is 1.23 bits per heavy atom. The zero-order valence-corrected chi connectivity index (χ0v) is 7.95. The molecule has 0 saturated carbocycles. The summed E-state index contributed by atoms with van der Waals surface area (Å²) in [5.74, 6) is -0.712. The summed E-state index contributed by atoms with van der Waals surface area (Å²) in [6.07, 6.45) is 7.41. The molecule has 0 aromatic carbocycles. The molecule has 0 bridgehead atoms. The quantitative estimate of drug-likeness (QED) is 0.479. The van der Waals surface area contributed by atoms with Crippen molar-refractivity contribution in [1.82, 2.24) is 0 Å². The van der Waals surface area contributed by atoms with Crippen LogP contribution in [0.4, 0.5) is 0 Å². The van der Waals surface area contributed by atoms with Crippen LogP contribution in [0.15, 0.2) is 24.3 Å². The number of esters is 1. The second-order valence-electron chi connectivity index (χ2n) is 2.45. The Labute approximate surface area is 78.1 Å². The third-order valence-corrected chi connectivity index (χ3v) is 1.32. The van der Waals surface area contributed by atoms with Gasteiger partial charge in [-0.15, -0.1) is 0 Å². The van der Waals surface area contributed by atoms with Crippen molar-refractivity contribution in [1.29, 1.82) is 0 Å². The summed E-state index contributed by atoms with van der Waals surface area (Å²) in [4.78, 5) is 21.5. The monoisotopic (exact) mass is 182 g/mol. The standard InChI is InChI=1S/C10H14O3/c1-3-4-5-6-9(11)7-8-10(12)13-2/h5-8H,3-4H2,1-2H3/b6-5+,8-7-. The number of carbonyl (C=O) groups is 2. The Hall–Kier alpha value is -1.38. The highest BCUT2D eigenvalue weighted by atomic mass is 16.5. The van der Waals surface area contributed by atoms with Crippen LogP contribution >= 0.6 is 0 Å². The first kappa shape index (κ1) is 11.6. The molecular formula is C10H14O3. The molecule has 0 aliphatic carbocycles. The predicted octanol–water partition coefficient (Wildman–Crippen LogP) is 1.64. The van der Waals surface area contributed by atoms with Crippen molar-refractivity contribution >= 4 is 11.8 Å². The van der Waals surface area contributed by atoms with Crippen LogP contribution in [0.2, 0.25) is 0 Å². The molecule has 0 N–H and O–H groups in total. The number of carbonyl (C=O) groups excluding carboxylic acids is 2. The number of methoxy groups -OCH3 is 1. The van der Waals surface area contributed by atoms with E-state index < -0.39 is 5.97 Å². The molecule has 0 aliphatic rings. The van der Waals surface area contributed by atoms with Crippen molar-refractivity contribution in [3.8, 4) is 0 Å². The molecule has 0 aromatic heterocycles. The molecule has 0 saturated heterocycles. The zero-order chi connectivity index (χ0) is 10.1. The number of allylic oxidation sites excluding steroid dienone is 3. The van der Waals surface area contributed by atoms with E-state index in [2.05, 4.69) is 4.74 Å². The van der Waals surface area contributed by atoms with Gasteiger partial charge in [0.1, 0.15) is 0 Å². The molecular weight excluding hydrogens is 168 g/mol. The van der Waals surface area contributed by atoms with Crippen LogP contribution in [0.5, 0.6) is 0 Å². The summed E-state index contributed by atoms with van der Waals surface area (Å²) in [6.45, 7) is 2.03. The molecule has 0 heterocycles. The maximum absolute atomic E-state index is 11.0. The average Bonchev–Trinajstić information content (AvgIpc) is 2.14. The minimum absolute atomic E-state index is 0.196. The first-order chi connectivity index (χ1) is 6.20. The molecule has 0 aromatic rings. The number of ether oxygens (including phenoxy) is 1. The number of rotatable bonds is 5. The van der Waals surface area contributed by atoms with Crippen molar-refractivity contribution in [2.75, 3.05) is 7.11 Å². The molecule has 72 valence electrons. The van der Waals surface area contributed by atoms with Crippen molar-refractivity contribution in [2.45, 2.75) is 19.8 Å². The van der Waals surface area contributed by atoms with Crippen molar-refractivity contribution in [3.63, 3.8) is 0 Å². The van der Waals surface area contributed by atoms with Gasteiger partial charge in [0.05, 0.1) is 7.11 Å². The van der Waals surface area contributed by atoms with E-state index in [0.717, 1.165) is 18.9 Å². The fraction of sp³-hybridized carbons (Fsp3) is 0.400. The van der Waals surface area contributed by atoms with Crippen LogP contribution in [0, 0.1) is 0 Å². The van der Waals surface area contributed by atoms with Gasteiger partial charge in [-0.3, -0.25) is 4.79 Å². The highest BCUT2D eigenvalue weighted by Crippen LogP contribution is 1.90. The zero-order valence-electron chi connectivity index (χ0n) is 7.95. The fourth-order valence-corrected chi connectivity index (χ4v) is 0.640. The van der Waals surface area contributed by atoms with Gasteiger partial charge in [0.15, 0.2) is 5.78 Å². The molecule has 3 heteroatoms.